The van der Waals surface area contributed by atoms with E-state index in [9.17, 15) is 0 Å². The van der Waals surface area contributed by atoms with Crippen LogP contribution in [0.1, 0.15) is 2.85 Å². The van der Waals surface area contributed by atoms with E-state index in [-0.39, 0.29) is 53.8 Å². The molecule has 0 aliphatic rings. The summed E-state index contributed by atoms with van der Waals surface area (Å²) in [6.07, 6.45) is 0. The van der Waals surface area contributed by atoms with Crippen molar-refractivity contribution >= 4 is 54.8 Å². The van der Waals surface area contributed by atoms with E-state index in [1.165, 1.54) is 0 Å². The Morgan fingerprint density at radius 1 is 1.40 bits per heavy atom. The van der Waals surface area contributed by atoms with Gasteiger partial charge in [0, 0.05) is 0 Å². The van der Waals surface area contributed by atoms with Crippen LogP contribution in [0.4, 0.5) is 0 Å². The van der Waals surface area contributed by atoms with E-state index < -0.39 is 9.29 Å². The van der Waals surface area contributed by atoms with Crippen LogP contribution in [-0.4, -0.2) is 60.3 Å². The molecule has 0 fully saturated rings. The topological polar surface area (TPSA) is 65.6 Å². The maximum atomic E-state index is 8.40. The first-order valence-corrected chi connectivity index (χ1v) is 1.22. The first-order valence-electron chi connectivity index (χ1n) is 0.408. The van der Waals surface area contributed by atoms with Crippen molar-refractivity contribution in [1.82, 2.24) is 0 Å². The van der Waals surface area contributed by atoms with Gasteiger partial charge in [-0.3, -0.25) is 8.92 Å². The van der Waals surface area contributed by atoms with Gasteiger partial charge in [0.05, 0.1) is 0 Å². The molecule has 0 rings (SSSR count). The van der Waals surface area contributed by atoms with Crippen molar-refractivity contribution in [3.05, 3.63) is 0 Å². The minimum Gasteiger partial charge on any atom is -1.00 e. The monoisotopic (exact) mass is 168 g/mol. The predicted molar refractivity (Wildman–Crippen MR) is 18.7 cm³/mol. The van der Waals surface area contributed by atoms with Crippen molar-refractivity contribution in [1.29, 1.82) is 0 Å². The number of hydrogen-bond acceptors (Lipinski definition) is 2. The first-order chi connectivity index (χ1) is 1.41. The summed E-state index contributed by atoms with van der Waals surface area (Å²) >= 11 is 0. The Morgan fingerprint density at radius 2 is 1.40 bits per heavy atom. The van der Waals surface area contributed by atoms with Crippen LogP contribution in [0.2, 0.25) is 0 Å². The van der Waals surface area contributed by atoms with Gasteiger partial charge in [-0.25, -0.2) is 0 Å². The fourth-order valence-corrected chi connectivity index (χ4v) is 0. The molecule has 0 atom stereocenters. The zero-order chi connectivity index (χ0) is 2.71. The summed E-state index contributed by atoms with van der Waals surface area (Å²) in [6.45, 7) is 0. The minimum absolute atomic E-state index is 0. The Labute approximate surface area is 71.2 Å². The number of rotatable bonds is 0. The van der Waals surface area contributed by atoms with Gasteiger partial charge in [0.2, 0.25) is 0 Å². The standard InChI is InChI=1S/O2Si.H2O.Sr.2H/c1-3-2;;;;/h;1H2;;;/q;;+2;2*-1. The molecular weight excluding hydrogens is 164 g/mol. The van der Waals surface area contributed by atoms with Crippen molar-refractivity contribution in [2.45, 2.75) is 0 Å². The third kappa shape index (κ3) is 35.3. The van der Waals surface area contributed by atoms with E-state index in [4.69, 9.17) is 8.92 Å². The third-order valence-electron chi connectivity index (χ3n) is 0. The largest absolute Gasteiger partial charge is 2.00 e. The van der Waals surface area contributed by atoms with Crippen molar-refractivity contribution in [2.75, 3.05) is 0 Å². The Morgan fingerprint density at radius 3 is 1.40 bits per heavy atom. The molecule has 0 amide bonds. The molecule has 0 aromatic carbocycles. The van der Waals surface area contributed by atoms with E-state index in [1.807, 2.05) is 0 Å². The van der Waals surface area contributed by atoms with Crippen LogP contribution in [-0.2, 0) is 8.92 Å². The van der Waals surface area contributed by atoms with Gasteiger partial charge in [0.15, 0.2) is 0 Å². The molecule has 0 saturated carbocycles. The van der Waals surface area contributed by atoms with E-state index in [1.54, 1.807) is 0 Å². The van der Waals surface area contributed by atoms with Gasteiger partial charge in [0.25, 0.3) is 0 Å². The van der Waals surface area contributed by atoms with E-state index in [0.29, 0.717) is 0 Å². The molecule has 5 heavy (non-hydrogen) atoms. The van der Waals surface area contributed by atoms with Gasteiger partial charge in [0.1, 0.15) is 0 Å². The van der Waals surface area contributed by atoms with Gasteiger partial charge < -0.3 is 8.33 Å². The fraction of sp³-hybridized carbons (Fsp3) is 0. The number of hydrogen-bond donors (Lipinski definition) is 0. The van der Waals surface area contributed by atoms with Crippen molar-refractivity contribution in [3.63, 3.8) is 0 Å². The molecule has 3 nitrogen and oxygen atoms in total. The van der Waals surface area contributed by atoms with Crippen molar-refractivity contribution in [3.8, 4) is 0 Å². The van der Waals surface area contributed by atoms with E-state index in [2.05, 4.69) is 0 Å². The summed E-state index contributed by atoms with van der Waals surface area (Å²) in [6, 6.07) is 0. The molecular formula is H4O3SiSr. The zero-order valence-electron chi connectivity index (χ0n) is 4.52. The molecule has 0 heterocycles. The summed E-state index contributed by atoms with van der Waals surface area (Å²) in [4.78, 5) is 0. The van der Waals surface area contributed by atoms with E-state index in [0.717, 1.165) is 0 Å². The Hall–Kier alpha value is 1.26. The maximum absolute atomic E-state index is 8.40. The van der Waals surface area contributed by atoms with Gasteiger partial charge in [-0.05, 0) is 0 Å². The molecule has 2 N–H and O–H groups in total. The van der Waals surface area contributed by atoms with Crippen LogP contribution in [0, 0.1) is 0 Å². The average molecular weight is 168 g/mol. The fourth-order valence-electron chi connectivity index (χ4n) is 0. The zero-order valence-corrected chi connectivity index (χ0v) is 7.00. The van der Waals surface area contributed by atoms with Crippen LogP contribution in [0.15, 0.2) is 0 Å². The Balaban J connectivity index is -0.00000000333. The molecule has 0 radical (unpaired) electrons. The Bertz CT molecular complexity index is 33.9. The van der Waals surface area contributed by atoms with Gasteiger partial charge in [-0.15, -0.1) is 0 Å². The summed E-state index contributed by atoms with van der Waals surface area (Å²) in [5, 5.41) is 0. The molecule has 0 aliphatic carbocycles. The minimum atomic E-state index is -1.42. The second kappa shape index (κ2) is 18.7. The smallest absolute Gasteiger partial charge is 1.00 e. The SMILES string of the molecule is O.O=[Si]=O.[H-].[H-].[Sr+2]. The molecule has 0 aromatic heterocycles. The molecule has 0 aliphatic heterocycles. The molecule has 0 saturated heterocycles. The average Bonchev–Trinajstić information content (AvgIpc) is 0.918. The molecule has 0 aromatic rings. The van der Waals surface area contributed by atoms with Crippen LogP contribution < -0.4 is 0 Å². The summed E-state index contributed by atoms with van der Waals surface area (Å²) in [7, 11) is -1.42. The van der Waals surface area contributed by atoms with Crippen LogP contribution in [0.25, 0.3) is 0 Å². The van der Waals surface area contributed by atoms with Gasteiger partial charge in [-0.1, -0.05) is 0 Å². The normalized spacial score (nSPS) is 1.60. The quantitative estimate of drug-likeness (QED) is 0.408. The summed E-state index contributed by atoms with van der Waals surface area (Å²) < 4.78 is 16.8. The van der Waals surface area contributed by atoms with E-state index >= 15 is 0 Å². The second-order valence-corrected chi connectivity index (χ2v) is 0.250. The van der Waals surface area contributed by atoms with Gasteiger partial charge in [-0.2, -0.15) is 0 Å². The molecule has 5 heteroatoms. The second-order valence-electron chi connectivity index (χ2n) is 0.0833. The third-order valence-corrected chi connectivity index (χ3v) is 0. The van der Waals surface area contributed by atoms with Gasteiger partial charge >= 0.3 is 54.8 Å². The molecule has 0 spiro atoms. The summed E-state index contributed by atoms with van der Waals surface area (Å²) in [5.41, 5.74) is 0. The van der Waals surface area contributed by atoms with Crippen LogP contribution in [0.5, 0.6) is 0 Å². The van der Waals surface area contributed by atoms with Crippen LogP contribution >= 0.6 is 0 Å². The van der Waals surface area contributed by atoms with Crippen molar-refractivity contribution < 1.29 is 17.3 Å². The predicted octanol–water partition coefficient (Wildman–Crippen LogP) is -1.60. The summed E-state index contributed by atoms with van der Waals surface area (Å²) in [5.74, 6) is 0. The van der Waals surface area contributed by atoms with Crippen molar-refractivity contribution in [2.24, 2.45) is 0 Å². The molecule has 0 unspecified atom stereocenters. The van der Waals surface area contributed by atoms with Crippen LogP contribution in [0.3, 0.4) is 0 Å². The Kier molecular flexibility index (Phi) is 61.0. The maximum Gasteiger partial charge on any atom is 2.00 e. The first kappa shape index (κ1) is 16.3. The molecule has 0 bridgehead atoms. The molecule has 28 valence electrons.